The van der Waals surface area contributed by atoms with E-state index in [1.807, 2.05) is 0 Å². The zero-order valence-corrected chi connectivity index (χ0v) is 22.8. The molecule has 0 bridgehead atoms. The molecule has 0 amide bonds. The Balaban J connectivity index is 0.000000208. The molecule has 0 radical (unpaired) electrons. The lowest BCUT2D eigenvalue weighted by molar-refractivity contribution is -0.140. The van der Waals surface area contributed by atoms with Crippen LogP contribution in [0.25, 0.3) is 21.9 Å². The molecule has 34 heavy (non-hydrogen) atoms. The van der Waals surface area contributed by atoms with E-state index in [2.05, 4.69) is 52.0 Å². The number of furan rings is 2. The Labute approximate surface area is 220 Å². The number of phenols is 1. The molecule has 0 aliphatic rings. The molecule has 0 spiro atoms. The molecular formula is C22H20BBr3O8. The second-order valence-electron chi connectivity index (χ2n) is 6.64. The predicted molar refractivity (Wildman–Crippen MR) is 140 cm³/mol. The normalized spacial score (nSPS) is 10.0. The summed E-state index contributed by atoms with van der Waals surface area (Å²) in [6.07, 6.45) is 3.12. The van der Waals surface area contributed by atoms with Gasteiger partial charge < -0.3 is 28.5 Å². The summed E-state index contributed by atoms with van der Waals surface area (Å²) in [5, 5.41) is 19.5. The van der Waals surface area contributed by atoms with Crippen LogP contribution >= 0.6 is 47.3 Å². The first-order valence-corrected chi connectivity index (χ1v) is 12.3. The number of phenolic OH excluding ortho intramolecular Hbond substituents is 1. The van der Waals surface area contributed by atoms with Gasteiger partial charge in [0.05, 0.1) is 39.6 Å². The smallest absolute Gasteiger partial charge is 0.369 e. The van der Waals surface area contributed by atoms with Gasteiger partial charge in [-0.1, -0.05) is 0 Å². The van der Waals surface area contributed by atoms with Crippen molar-refractivity contribution in [2.75, 3.05) is 14.2 Å². The summed E-state index contributed by atoms with van der Waals surface area (Å²) in [4.78, 5) is 21.6. The van der Waals surface area contributed by atoms with Crippen LogP contribution in [0.5, 0.6) is 11.5 Å². The first kappa shape index (κ1) is 27.8. The molecule has 2 heterocycles. The summed E-state index contributed by atoms with van der Waals surface area (Å²) in [5.74, 6) is -0.348. The van der Waals surface area contributed by atoms with Crippen LogP contribution in [0.1, 0.15) is 11.1 Å². The third-order valence-corrected chi connectivity index (χ3v) is 4.41. The molecule has 2 aromatic heterocycles. The number of hydrogen-bond donors (Lipinski definition) is 2. The molecule has 0 atom stereocenters. The highest BCUT2D eigenvalue weighted by atomic mass is 79.9. The molecule has 0 saturated carbocycles. The van der Waals surface area contributed by atoms with E-state index in [0.29, 0.717) is 22.5 Å². The first-order chi connectivity index (χ1) is 16.1. The lowest BCUT2D eigenvalue weighted by Gasteiger charge is -1.98. The Morgan fingerprint density at radius 2 is 1.44 bits per heavy atom. The van der Waals surface area contributed by atoms with Crippen LogP contribution in [-0.4, -0.2) is 39.6 Å². The standard InChI is InChI=1S/2C11H10O4.BBr3/c1-14-8-2-3-9-7(4-11(12)13)6-15-10(9)5-8;1-14-11(13)4-7-6-15-10-5-8(12)2-3-9(7)10;2-1(3)4/h2-3,5-6H,4H2,1H3,(H,12,13);2-3,5-6,12H,4H2,1H3;. The summed E-state index contributed by atoms with van der Waals surface area (Å²) >= 11 is 9.31. The number of carbonyl (C=O) groups excluding carboxylic acids is 1. The molecule has 0 unspecified atom stereocenters. The maximum Gasteiger partial charge on any atom is 0.369 e. The molecule has 12 heteroatoms. The van der Waals surface area contributed by atoms with Gasteiger partial charge in [-0.15, -0.1) is 47.3 Å². The zero-order valence-electron chi connectivity index (χ0n) is 18.1. The summed E-state index contributed by atoms with van der Waals surface area (Å²) in [5.41, 5.74) is 2.65. The molecular weight excluding hydrogens is 643 g/mol. The van der Waals surface area contributed by atoms with Crippen molar-refractivity contribution in [3.05, 3.63) is 60.1 Å². The fourth-order valence-corrected chi connectivity index (χ4v) is 2.93. The van der Waals surface area contributed by atoms with Crippen LogP contribution in [0, 0.1) is 0 Å². The van der Waals surface area contributed by atoms with Crippen molar-refractivity contribution in [1.29, 1.82) is 0 Å². The molecule has 8 nitrogen and oxygen atoms in total. The van der Waals surface area contributed by atoms with Gasteiger partial charge in [0.2, 0.25) is 0 Å². The number of aromatic hydroxyl groups is 1. The van der Waals surface area contributed by atoms with Gasteiger partial charge in [-0.05, 0) is 24.3 Å². The molecule has 0 saturated heterocycles. The number of esters is 1. The number of hydrogen-bond acceptors (Lipinski definition) is 7. The lowest BCUT2D eigenvalue weighted by Crippen LogP contribution is -2.03. The minimum Gasteiger partial charge on any atom is -0.508 e. The van der Waals surface area contributed by atoms with Crippen LogP contribution in [0.15, 0.2) is 57.8 Å². The van der Waals surface area contributed by atoms with E-state index in [9.17, 15) is 14.7 Å². The Bertz CT molecular complexity index is 1250. The largest absolute Gasteiger partial charge is 0.508 e. The van der Waals surface area contributed by atoms with E-state index >= 15 is 0 Å². The van der Waals surface area contributed by atoms with E-state index in [1.54, 1.807) is 37.4 Å². The number of ether oxygens (including phenoxy) is 2. The number of fused-ring (bicyclic) bond motifs is 2. The number of halogens is 3. The third kappa shape index (κ3) is 8.41. The molecule has 2 N–H and O–H groups in total. The molecule has 0 aliphatic carbocycles. The Morgan fingerprint density at radius 3 is 1.97 bits per heavy atom. The van der Waals surface area contributed by atoms with Gasteiger partial charge in [-0.2, -0.15) is 0 Å². The number of carboxylic acids is 1. The van der Waals surface area contributed by atoms with E-state index in [-0.39, 0.29) is 27.7 Å². The van der Waals surface area contributed by atoms with Crippen LogP contribution in [-0.2, 0) is 27.2 Å². The Hall–Kier alpha value is -2.44. The predicted octanol–water partition coefficient (Wildman–Crippen LogP) is 6.08. The number of aliphatic carboxylic acids is 1. The lowest BCUT2D eigenvalue weighted by atomic mass is 10.1. The Kier molecular flexibility index (Phi) is 11.0. The van der Waals surface area contributed by atoms with Crippen molar-refractivity contribution in [3.8, 4) is 11.5 Å². The van der Waals surface area contributed by atoms with Crippen molar-refractivity contribution in [2.45, 2.75) is 12.8 Å². The topological polar surface area (TPSA) is 119 Å². The maximum atomic E-state index is 11.1. The second kappa shape index (κ2) is 13.5. The average Bonchev–Trinajstić information content (AvgIpc) is 3.36. The van der Waals surface area contributed by atoms with Gasteiger partial charge in [0.1, 0.15) is 22.7 Å². The number of methoxy groups -OCH3 is 2. The molecule has 0 aliphatic heterocycles. The zero-order chi connectivity index (χ0) is 25.3. The third-order valence-electron chi connectivity index (χ3n) is 4.41. The fourth-order valence-electron chi connectivity index (χ4n) is 2.93. The summed E-state index contributed by atoms with van der Waals surface area (Å²) in [6, 6.07) is 10.1. The minimum absolute atomic E-state index is 0.0284. The van der Waals surface area contributed by atoms with Crippen molar-refractivity contribution in [1.82, 2.24) is 0 Å². The Morgan fingerprint density at radius 1 is 0.912 bits per heavy atom. The minimum atomic E-state index is -0.867. The first-order valence-electron chi connectivity index (χ1n) is 9.58. The van der Waals surface area contributed by atoms with Crippen molar-refractivity contribution in [3.63, 3.8) is 0 Å². The monoisotopic (exact) mass is 660 g/mol. The quantitative estimate of drug-likeness (QED) is 0.195. The fraction of sp³-hybridized carbons (Fsp3) is 0.182. The van der Waals surface area contributed by atoms with E-state index in [1.165, 1.54) is 25.7 Å². The van der Waals surface area contributed by atoms with E-state index in [4.69, 9.17) is 18.7 Å². The second-order valence-corrected chi connectivity index (χ2v) is 13.1. The molecule has 180 valence electrons. The van der Waals surface area contributed by atoms with Gasteiger partial charge >= 0.3 is 15.1 Å². The van der Waals surface area contributed by atoms with Gasteiger partial charge in [0, 0.05) is 34.0 Å². The highest BCUT2D eigenvalue weighted by Crippen LogP contribution is 2.26. The van der Waals surface area contributed by atoms with Crippen LogP contribution in [0.2, 0.25) is 0 Å². The van der Waals surface area contributed by atoms with Crippen molar-refractivity contribution < 1.29 is 38.1 Å². The molecule has 0 fully saturated rings. The average molecular weight is 663 g/mol. The molecule has 2 aromatic carbocycles. The van der Waals surface area contributed by atoms with Crippen LogP contribution in [0.4, 0.5) is 0 Å². The van der Waals surface area contributed by atoms with Crippen LogP contribution < -0.4 is 4.74 Å². The van der Waals surface area contributed by atoms with Gasteiger partial charge in [-0.3, -0.25) is 9.59 Å². The number of rotatable bonds is 5. The maximum absolute atomic E-state index is 11.1. The van der Waals surface area contributed by atoms with E-state index in [0.717, 1.165) is 16.3 Å². The highest BCUT2D eigenvalue weighted by molar-refractivity contribution is 9.69. The summed E-state index contributed by atoms with van der Waals surface area (Å²) in [7, 11) is 2.92. The molecule has 4 aromatic rings. The molecule has 4 rings (SSSR count). The number of carbonyl (C=O) groups is 2. The summed E-state index contributed by atoms with van der Waals surface area (Å²) < 4.78 is 20.3. The van der Waals surface area contributed by atoms with Crippen molar-refractivity contribution in [2.24, 2.45) is 0 Å². The van der Waals surface area contributed by atoms with Gasteiger partial charge in [-0.25, -0.2) is 0 Å². The van der Waals surface area contributed by atoms with Crippen molar-refractivity contribution >= 4 is 84.3 Å². The number of benzene rings is 2. The van der Waals surface area contributed by atoms with Gasteiger partial charge in [0.15, 0.2) is 0 Å². The highest BCUT2D eigenvalue weighted by Gasteiger charge is 2.11. The number of carboxylic acid groups (broad SMARTS) is 1. The van der Waals surface area contributed by atoms with Gasteiger partial charge in [0.25, 0.3) is 0 Å². The van der Waals surface area contributed by atoms with E-state index < -0.39 is 5.97 Å². The van der Waals surface area contributed by atoms with Crippen LogP contribution in [0.3, 0.4) is 0 Å². The summed E-state index contributed by atoms with van der Waals surface area (Å²) in [6.45, 7) is 0. The SMILES string of the molecule is BrB(Br)Br.COC(=O)Cc1coc2cc(O)ccc12.COc1ccc2c(CC(=O)O)coc2c1.